The van der Waals surface area contributed by atoms with Gasteiger partial charge in [-0.3, -0.25) is 0 Å². The molecule has 1 fully saturated rings. The van der Waals surface area contributed by atoms with E-state index >= 15 is 0 Å². The lowest BCUT2D eigenvalue weighted by molar-refractivity contribution is 0.105. The zero-order valence-electron chi connectivity index (χ0n) is 12.7. The van der Waals surface area contributed by atoms with Crippen molar-refractivity contribution in [3.05, 3.63) is 29.8 Å². The highest BCUT2D eigenvalue weighted by atomic mass is 16.5. The molecule has 1 aromatic rings. The molecular formula is C17H27NO2. The first-order valence-corrected chi connectivity index (χ1v) is 7.83. The van der Waals surface area contributed by atoms with Crippen LogP contribution >= 0.6 is 0 Å². The maximum atomic E-state index is 5.66. The van der Waals surface area contributed by atoms with Gasteiger partial charge in [0.1, 0.15) is 5.75 Å². The molecule has 1 aromatic carbocycles. The van der Waals surface area contributed by atoms with Crippen LogP contribution < -0.4 is 10.1 Å². The Kier molecular flexibility index (Phi) is 6.34. The highest BCUT2D eigenvalue weighted by molar-refractivity contribution is 5.27. The summed E-state index contributed by atoms with van der Waals surface area (Å²) < 4.78 is 11.2. The third-order valence-corrected chi connectivity index (χ3v) is 3.96. The molecule has 0 spiro atoms. The number of rotatable bonds is 8. The van der Waals surface area contributed by atoms with E-state index in [0.717, 1.165) is 38.5 Å². The Morgan fingerprint density at radius 1 is 1.30 bits per heavy atom. The maximum Gasteiger partial charge on any atom is 0.119 e. The fraction of sp³-hybridized carbons (Fsp3) is 0.647. The van der Waals surface area contributed by atoms with Gasteiger partial charge in [0.05, 0.1) is 12.7 Å². The Morgan fingerprint density at radius 3 is 2.75 bits per heavy atom. The molecule has 2 unspecified atom stereocenters. The summed E-state index contributed by atoms with van der Waals surface area (Å²) in [6.45, 7) is 8.02. The van der Waals surface area contributed by atoms with E-state index in [0.29, 0.717) is 12.0 Å². The zero-order valence-corrected chi connectivity index (χ0v) is 12.7. The van der Waals surface area contributed by atoms with Crippen molar-refractivity contribution in [3.8, 4) is 5.75 Å². The van der Waals surface area contributed by atoms with E-state index in [9.17, 15) is 0 Å². The highest BCUT2D eigenvalue weighted by Gasteiger charge is 2.23. The van der Waals surface area contributed by atoms with E-state index < -0.39 is 0 Å². The number of hydrogen-bond acceptors (Lipinski definition) is 3. The molecule has 0 aliphatic carbocycles. The molecular weight excluding hydrogens is 250 g/mol. The quantitative estimate of drug-likeness (QED) is 0.739. The molecule has 0 saturated carbocycles. The SMILES string of the molecule is CCCCOc1ccc(CNCC2CCOC2C)cc1. The van der Waals surface area contributed by atoms with Crippen molar-refractivity contribution in [1.82, 2.24) is 5.32 Å². The van der Waals surface area contributed by atoms with Crippen LogP contribution in [0, 0.1) is 5.92 Å². The molecule has 2 rings (SSSR count). The minimum Gasteiger partial charge on any atom is -0.494 e. The molecule has 0 bridgehead atoms. The van der Waals surface area contributed by atoms with E-state index in [1.165, 1.54) is 18.4 Å². The van der Waals surface area contributed by atoms with E-state index in [4.69, 9.17) is 9.47 Å². The van der Waals surface area contributed by atoms with Crippen molar-refractivity contribution >= 4 is 0 Å². The van der Waals surface area contributed by atoms with Gasteiger partial charge in [-0.05, 0) is 43.4 Å². The van der Waals surface area contributed by atoms with Crippen molar-refractivity contribution < 1.29 is 9.47 Å². The Hall–Kier alpha value is -1.06. The van der Waals surface area contributed by atoms with E-state index in [2.05, 4.69) is 43.4 Å². The number of hydrogen-bond donors (Lipinski definition) is 1. The largest absolute Gasteiger partial charge is 0.494 e. The molecule has 112 valence electrons. The van der Waals surface area contributed by atoms with Crippen LogP contribution in [0.1, 0.15) is 38.7 Å². The summed E-state index contributed by atoms with van der Waals surface area (Å²) in [5, 5.41) is 3.52. The molecule has 2 atom stereocenters. The maximum absolute atomic E-state index is 5.66. The molecule has 0 radical (unpaired) electrons. The Bertz CT molecular complexity index is 377. The molecule has 1 aliphatic heterocycles. The second-order valence-corrected chi connectivity index (χ2v) is 5.60. The topological polar surface area (TPSA) is 30.5 Å². The number of ether oxygens (including phenoxy) is 2. The lowest BCUT2D eigenvalue weighted by Gasteiger charge is -2.14. The van der Waals surface area contributed by atoms with Crippen molar-refractivity contribution in [3.63, 3.8) is 0 Å². The lowest BCUT2D eigenvalue weighted by Crippen LogP contribution is -2.26. The van der Waals surface area contributed by atoms with Crippen molar-refractivity contribution in [2.24, 2.45) is 5.92 Å². The standard InChI is InChI=1S/C17H27NO2/c1-3-4-10-20-17-7-5-15(6-8-17)12-18-13-16-9-11-19-14(16)2/h5-8,14,16,18H,3-4,9-13H2,1-2H3. The van der Waals surface area contributed by atoms with Gasteiger partial charge in [-0.1, -0.05) is 25.5 Å². The van der Waals surface area contributed by atoms with Gasteiger partial charge in [0.2, 0.25) is 0 Å². The summed E-state index contributed by atoms with van der Waals surface area (Å²) in [4.78, 5) is 0. The first-order valence-electron chi connectivity index (χ1n) is 7.83. The van der Waals surface area contributed by atoms with Gasteiger partial charge in [0.25, 0.3) is 0 Å². The molecule has 0 aromatic heterocycles. The lowest BCUT2D eigenvalue weighted by atomic mass is 10.0. The van der Waals surface area contributed by atoms with Crippen molar-refractivity contribution in [1.29, 1.82) is 0 Å². The van der Waals surface area contributed by atoms with Gasteiger partial charge in [-0.15, -0.1) is 0 Å². The second-order valence-electron chi connectivity index (χ2n) is 5.60. The third-order valence-electron chi connectivity index (χ3n) is 3.96. The van der Waals surface area contributed by atoms with Crippen LogP contribution in [0.4, 0.5) is 0 Å². The summed E-state index contributed by atoms with van der Waals surface area (Å²) in [5.41, 5.74) is 1.31. The van der Waals surface area contributed by atoms with Crippen LogP contribution in [0.5, 0.6) is 5.75 Å². The predicted octanol–water partition coefficient (Wildman–Crippen LogP) is 3.38. The average molecular weight is 277 g/mol. The summed E-state index contributed by atoms with van der Waals surface area (Å²) in [6, 6.07) is 8.41. The van der Waals surface area contributed by atoms with Gasteiger partial charge < -0.3 is 14.8 Å². The fourth-order valence-electron chi connectivity index (χ4n) is 2.48. The van der Waals surface area contributed by atoms with Crippen LogP contribution in [0.25, 0.3) is 0 Å². The minimum absolute atomic E-state index is 0.400. The smallest absolute Gasteiger partial charge is 0.119 e. The third kappa shape index (κ3) is 4.80. The molecule has 0 amide bonds. The van der Waals surface area contributed by atoms with E-state index in [1.54, 1.807) is 0 Å². The summed E-state index contributed by atoms with van der Waals surface area (Å²) in [6.07, 6.45) is 3.87. The summed E-state index contributed by atoms with van der Waals surface area (Å²) in [7, 11) is 0. The molecule has 1 aliphatic rings. The number of unbranched alkanes of at least 4 members (excludes halogenated alkanes) is 1. The molecule has 1 saturated heterocycles. The monoisotopic (exact) mass is 277 g/mol. The van der Waals surface area contributed by atoms with Crippen LogP contribution in [0.3, 0.4) is 0 Å². The fourth-order valence-corrected chi connectivity index (χ4v) is 2.48. The number of benzene rings is 1. The van der Waals surface area contributed by atoms with Crippen LogP contribution in [0.2, 0.25) is 0 Å². The van der Waals surface area contributed by atoms with Crippen molar-refractivity contribution in [2.45, 2.75) is 45.8 Å². The van der Waals surface area contributed by atoms with Crippen LogP contribution in [-0.4, -0.2) is 25.9 Å². The first kappa shape index (κ1) is 15.3. The van der Waals surface area contributed by atoms with Crippen LogP contribution in [0.15, 0.2) is 24.3 Å². The molecule has 1 N–H and O–H groups in total. The van der Waals surface area contributed by atoms with Gasteiger partial charge in [0.15, 0.2) is 0 Å². The highest BCUT2D eigenvalue weighted by Crippen LogP contribution is 2.19. The van der Waals surface area contributed by atoms with E-state index in [1.807, 2.05) is 0 Å². The van der Waals surface area contributed by atoms with Crippen LogP contribution in [-0.2, 0) is 11.3 Å². The van der Waals surface area contributed by atoms with E-state index in [-0.39, 0.29) is 0 Å². The van der Waals surface area contributed by atoms with Crippen molar-refractivity contribution in [2.75, 3.05) is 19.8 Å². The summed E-state index contributed by atoms with van der Waals surface area (Å²) >= 11 is 0. The molecule has 3 heteroatoms. The Balaban J connectivity index is 1.68. The molecule has 20 heavy (non-hydrogen) atoms. The zero-order chi connectivity index (χ0) is 14.2. The van der Waals surface area contributed by atoms with Gasteiger partial charge in [-0.2, -0.15) is 0 Å². The Labute approximate surface area is 122 Å². The predicted molar refractivity (Wildman–Crippen MR) is 82.1 cm³/mol. The minimum atomic E-state index is 0.400. The summed E-state index contributed by atoms with van der Waals surface area (Å²) in [5.74, 6) is 1.63. The van der Waals surface area contributed by atoms with Gasteiger partial charge in [0, 0.05) is 19.7 Å². The second kappa shape index (κ2) is 8.28. The first-order chi connectivity index (χ1) is 9.79. The molecule has 1 heterocycles. The van der Waals surface area contributed by atoms with Gasteiger partial charge in [-0.25, -0.2) is 0 Å². The normalized spacial score (nSPS) is 22.1. The average Bonchev–Trinajstić information content (AvgIpc) is 2.87. The van der Waals surface area contributed by atoms with Gasteiger partial charge >= 0.3 is 0 Å². The Morgan fingerprint density at radius 2 is 2.10 bits per heavy atom. The number of nitrogens with one attached hydrogen (secondary N) is 1. The molecule has 3 nitrogen and oxygen atoms in total.